The fraction of sp³-hybridized carbons (Fsp3) is 0. The van der Waals surface area contributed by atoms with Crippen LogP contribution in [0.1, 0.15) is 0 Å². The van der Waals surface area contributed by atoms with Crippen LogP contribution < -0.4 is 5.69 Å². The van der Waals surface area contributed by atoms with Crippen molar-refractivity contribution in [1.82, 2.24) is 20.2 Å². The van der Waals surface area contributed by atoms with E-state index in [2.05, 4.69) is 32.3 Å². The lowest BCUT2D eigenvalue weighted by molar-refractivity contribution is 0.658. The highest BCUT2D eigenvalue weighted by Crippen LogP contribution is 2.45. The van der Waals surface area contributed by atoms with Gasteiger partial charge in [0.2, 0.25) is 5.71 Å². The highest BCUT2D eigenvalue weighted by atomic mass is 32.1. The summed E-state index contributed by atoms with van der Waals surface area (Å²) in [6.45, 7) is 0. The van der Waals surface area contributed by atoms with Crippen molar-refractivity contribution in [2.75, 3.05) is 0 Å². The summed E-state index contributed by atoms with van der Waals surface area (Å²) in [6, 6.07) is 20.2. The number of aromatic amines is 2. The van der Waals surface area contributed by atoms with E-state index in [1.165, 1.54) is 11.3 Å². The Kier molecular flexibility index (Phi) is 3.09. The molecule has 0 saturated carbocycles. The van der Waals surface area contributed by atoms with E-state index in [9.17, 15) is 4.79 Å². The maximum absolute atomic E-state index is 11.6. The molecule has 4 heterocycles. The second-order valence-corrected chi connectivity index (χ2v) is 7.47. The molecule has 0 bridgehead atoms. The largest absolute Gasteiger partial charge is 0.435 e. The van der Waals surface area contributed by atoms with Crippen LogP contribution in [0.5, 0.6) is 0 Å². The summed E-state index contributed by atoms with van der Waals surface area (Å²) in [4.78, 5) is 19.1. The smallest absolute Gasteiger partial charge is 0.348 e. The number of thiophene rings is 1. The molecule has 0 unspecified atom stereocenters. The minimum absolute atomic E-state index is 0.334. The molecule has 2 N–H and O–H groups in total. The number of nitrogens with one attached hydrogen (secondary N) is 2. The monoisotopic (exact) mass is 384 g/mol. The lowest BCUT2D eigenvalue weighted by Crippen LogP contribution is -1.99. The first-order valence-corrected chi connectivity index (χ1v) is 9.55. The zero-order valence-corrected chi connectivity index (χ0v) is 15.2. The molecule has 0 fully saturated rings. The van der Waals surface area contributed by atoms with Crippen molar-refractivity contribution in [2.24, 2.45) is 0 Å². The van der Waals surface area contributed by atoms with Crippen molar-refractivity contribution >= 4 is 43.1 Å². The van der Waals surface area contributed by atoms with Crippen molar-refractivity contribution < 1.29 is 4.42 Å². The second kappa shape index (κ2) is 5.64. The van der Waals surface area contributed by atoms with Crippen molar-refractivity contribution in [3.05, 3.63) is 71.1 Å². The number of benzene rings is 2. The number of H-pyrrole nitrogens is 2. The van der Waals surface area contributed by atoms with Gasteiger partial charge in [0.05, 0.1) is 11.1 Å². The Balaban J connectivity index is 1.81. The van der Waals surface area contributed by atoms with Gasteiger partial charge in [-0.2, -0.15) is 10.1 Å². The van der Waals surface area contributed by atoms with Gasteiger partial charge in [-0.05, 0) is 5.56 Å². The van der Waals surface area contributed by atoms with Crippen LogP contribution in [0, 0.1) is 0 Å². The summed E-state index contributed by atoms with van der Waals surface area (Å²) in [6.07, 6.45) is 0. The zero-order chi connectivity index (χ0) is 18.7. The van der Waals surface area contributed by atoms with Gasteiger partial charge in [0.25, 0.3) is 0 Å². The predicted molar refractivity (Wildman–Crippen MR) is 111 cm³/mol. The van der Waals surface area contributed by atoms with E-state index in [0.717, 1.165) is 37.3 Å². The Hall–Kier alpha value is -3.71. The van der Waals surface area contributed by atoms with Gasteiger partial charge < -0.3 is 4.42 Å². The number of aromatic nitrogens is 4. The summed E-state index contributed by atoms with van der Waals surface area (Å²) in [5.74, 6) is 0. The van der Waals surface area contributed by atoms with E-state index in [-0.39, 0.29) is 0 Å². The fourth-order valence-electron chi connectivity index (χ4n) is 3.62. The first-order chi connectivity index (χ1) is 13.8. The number of hydrogen-bond donors (Lipinski definition) is 2. The van der Waals surface area contributed by atoms with Gasteiger partial charge in [-0.15, -0.1) is 11.3 Å². The van der Waals surface area contributed by atoms with E-state index >= 15 is 0 Å². The number of imidazole rings is 1. The summed E-state index contributed by atoms with van der Waals surface area (Å²) in [5, 5.41) is 8.74. The molecule has 4 aromatic heterocycles. The molecule has 0 atom stereocenters. The molecule has 0 saturated heterocycles. The molecule has 0 aliphatic carbocycles. The molecular weight excluding hydrogens is 372 g/mol. The zero-order valence-electron chi connectivity index (χ0n) is 14.4. The van der Waals surface area contributed by atoms with Gasteiger partial charge in [-0.1, -0.05) is 60.7 Å². The highest BCUT2D eigenvalue weighted by Gasteiger charge is 2.23. The molecule has 7 heteroatoms. The average Bonchev–Trinajstić information content (AvgIpc) is 3.37. The minimum atomic E-state index is -0.402. The van der Waals surface area contributed by atoms with Crippen molar-refractivity contribution in [1.29, 1.82) is 0 Å². The van der Waals surface area contributed by atoms with Crippen LogP contribution in [0.15, 0.2) is 69.9 Å². The third-order valence-electron chi connectivity index (χ3n) is 4.81. The van der Waals surface area contributed by atoms with Crippen LogP contribution >= 0.6 is 11.3 Å². The highest BCUT2D eigenvalue weighted by molar-refractivity contribution is 7.26. The minimum Gasteiger partial charge on any atom is -0.435 e. The first kappa shape index (κ1) is 15.4. The van der Waals surface area contributed by atoms with Crippen LogP contribution in [-0.4, -0.2) is 20.2 Å². The van der Waals surface area contributed by atoms with Gasteiger partial charge in [0.15, 0.2) is 5.58 Å². The van der Waals surface area contributed by atoms with Gasteiger partial charge >= 0.3 is 5.69 Å². The van der Waals surface area contributed by atoms with Crippen LogP contribution in [0.3, 0.4) is 0 Å². The fourth-order valence-corrected chi connectivity index (χ4v) is 4.68. The standard InChI is InChI=1S/C21H12N4O2S/c26-21-22-16-18-17(27-19(16)23-21)14-13(11-7-3-1-4-8-11)15(24-25-20(14)28-18)12-9-5-2-6-10-12/h1-10,24H,(H,22,26). The maximum Gasteiger partial charge on any atom is 0.348 e. The lowest BCUT2D eigenvalue weighted by atomic mass is 9.97. The third-order valence-corrected chi connectivity index (χ3v) is 5.90. The van der Waals surface area contributed by atoms with E-state index in [4.69, 9.17) is 4.42 Å². The van der Waals surface area contributed by atoms with Gasteiger partial charge in [0, 0.05) is 11.1 Å². The van der Waals surface area contributed by atoms with E-state index in [0.29, 0.717) is 16.8 Å². The Bertz CT molecular complexity index is 1520. The van der Waals surface area contributed by atoms with Crippen molar-refractivity contribution in [3.63, 3.8) is 0 Å². The lowest BCUT2D eigenvalue weighted by Gasteiger charge is -2.11. The van der Waals surface area contributed by atoms with Crippen LogP contribution in [0.25, 0.3) is 54.1 Å². The summed E-state index contributed by atoms with van der Waals surface area (Å²) in [5.41, 5.74) is 5.28. The number of hydrogen-bond acceptors (Lipinski definition) is 5. The first-order valence-electron chi connectivity index (χ1n) is 8.74. The van der Waals surface area contributed by atoms with E-state index in [1.807, 2.05) is 48.5 Å². The van der Waals surface area contributed by atoms with Gasteiger partial charge in [-0.25, -0.2) is 4.79 Å². The topological polar surface area (TPSA) is 87.6 Å². The van der Waals surface area contributed by atoms with Crippen LogP contribution in [-0.2, 0) is 0 Å². The van der Waals surface area contributed by atoms with E-state index in [1.54, 1.807) is 0 Å². The van der Waals surface area contributed by atoms with Crippen LogP contribution in [0.4, 0.5) is 0 Å². The SMILES string of the molecule is O=c1nc2oc3c(sc4n[nH]c(-c5ccccc5)c(-c5ccccc5)c43)c2[nH]1. The molecule has 2 aromatic carbocycles. The molecule has 28 heavy (non-hydrogen) atoms. The number of nitrogens with zero attached hydrogens (tertiary/aromatic N) is 2. The molecular formula is C21H12N4O2S. The summed E-state index contributed by atoms with van der Waals surface area (Å²) < 4.78 is 6.84. The molecule has 0 aliphatic rings. The van der Waals surface area contributed by atoms with E-state index < -0.39 is 5.69 Å². The molecule has 134 valence electrons. The quantitative estimate of drug-likeness (QED) is 0.443. The molecule has 0 amide bonds. The Morgan fingerprint density at radius 1 is 0.929 bits per heavy atom. The van der Waals surface area contributed by atoms with Gasteiger partial charge in [0.1, 0.15) is 15.0 Å². The molecule has 0 radical (unpaired) electrons. The third kappa shape index (κ3) is 2.10. The summed E-state index contributed by atoms with van der Waals surface area (Å²) in [7, 11) is 0. The van der Waals surface area contributed by atoms with Crippen LogP contribution in [0.2, 0.25) is 0 Å². The van der Waals surface area contributed by atoms with Crippen molar-refractivity contribution in [3.8, 4) is 22.4 Å². The molecule has 0 aliphatic heterocycles. The summed E-state index contributed by atoms with van der Waals surface area (Å²) >= 11 is 1.48. The predicted octanol–water partition coefficient (Wildman–Crippen LogP) is 4.94. The molecule has 6 rings (SSSR count). The maximum atomic E-state index is 11.6. The second-order valence-electron chi connectivity index (χ2n) is 6.47. The number of furan rings is 1. The average molecular weight is 384 g/mol. The van der Waals surface area contributed by atoms with Gasteiger partial charge in [-0.3, -0.25) is 10.1 Å². The molecule has 0 spiro atoms. The number of fused-ring (bicyclic) bond motifs is 5. The van der Waals surface area contributed by atoms with Crippen molar-refractivity contribution in [2.45, 2.75) is 0 Å². The Labute approximate surface area is 161 Å². The Morgan fingerprint density at radius 3 is 2.39 bits per heavy atom. The number of rotatable bonds is 2. The molecule has 6 aromatic rings. The molecule has 6 nitrogen and oxygen atoms in total. The normalized spacial score (nSPS) is 11.7. The Morgan fingerprint density at radius 2 is 1.64 bits per heavy atom.